The zero-order chi connectivity index (χ0) is 21.3. The van der Waals surface area contributed by atoms with Crippen molar-refractivity contribution in [3.05, 3.63) is 70.8 Å². The second-order valence-corrected chi connectivity index (χ2v) is 7.33. The van der Waals surface area contributed by atoms with Crippen molar-refractivity contribution in [3.8, 4) is 17.1 Å². The molecule has 2 aromatic heterocycles. The first-order valence-corrected chi connectivity index (χ1v) is 10.3. The standard InChI is InChI=1S/C21H18N6O2S/c1-12-23-17-16(18(24-12)26-21(22)29)20(28)27(14-8-10-15(30-2)11-9-14)19(25-17)13-6-4-3-5-7-13/h3-11H,1-2H3,(H3,22,23,24,26,29). The van der Waals surface area contributed by atoms with Gasteiger partial charge in [0.05, 0.1) is 5.69 Å². The highest BCUT2D eigenvalue weighted by molar-refractivity contribution is 7.98. The molecule has 0 unspecified atom stereocenters. The summed E-state index contributed by atoms with van der Waals surface area (Å²) >= 11 is 1.61. The number of aromatic nitrogens is 4. The van der Waals surface area contributed by atoms with E-state index in [9.17, 15) is 9.59 Å². The molecule has 4 aromatic rings. The SMILES string of the molecule is CSc1ccc(-n2c(-c3ccccc3)nc3nc(C)nc(NC(N)=O)c3c2=O)cc1. The van der Waals surface area contributed by atoms with Crippen LogP contribution < -0.4 is 16.6 Å². The fourth-order valence-corrected chi connectivity index (χ4v) is 3.56. The molecule has 0 aliphatic rings. The van der Waals surface area contributed by atoms with E-state index in [2.05, 4.69) is 20.3 Å². The fourth-order valence-electron chi connectivity index (χ4n) is 3.15. The lowest BCUT2D eigenvalue weighted by molar-refractivity contribution is 0.259. The average molecular weight is 418 g/mol. The number of hydrogen-bond acceptors (Lipinski definition) is 6. The van der Waals surface area contributed by atoms with Gasteiger partial charge in [0.15, 0.2) is 11.5 Å². The lowest BCUT2D eigenvalue weighted by atomic mass is 10.2. The third-order valence-corrected chi connectivity index (χ3v) is 5.19. The van der Waals surface area contributed by atoms with Gasteiger partial charge in [0.25, 0.3) is 5.56 Å². The summed E-state index contributed by atoms with van der Waals surface area (Å²) in [6.07, 6.45) is 1.98. The first-order chi connectivity index (χ1) is 14.5. The summed E-state index contributed by atoms with van der Waals surface area (Å²) in [6.45, 7) is 1.65. The highest BCUT2D eigenvalue weighted by Crippen LogP contribution is 2.25. The van der Waals surface area contributed by atoms with E-state index < -0.39 is 11.6 Å². The van der Waals surface area contributed by atoms with Crippen molar-refractivity contribution in [2.24, 2.45) is 5.73 Å². The van der Waals surface area contributed by atoms with E-state index in [4.69, 9.17) is 5.73 Å². The van der Waals surface area contributed by atoms with Gasteiger partial charge >= 0.3 is 6.03 Å². The van der Waals surface area contributed by atoms with Crippen LogP contribution in [0.3, 0.4) is 0 Å². The van der Waals surface area contributed by atoms with Crippen LogP contribution in [0.1, 0.15) is 5.82 Å². The number of thioether (sulfide) groups is 1. The molecule has 0 bridgehead atoms. The minimum atomic E-state index is -0.822. The number of fused-ring (bicyclic) bond motifs is 1. The number of nitrogens with one attached hydrogen (secondary N) is 1. The van der Waals surface area contributed by atoms with Gasteiger partial charge in [-0.25, -0.2) is 19.7 Å². The van der Waals surface area contributed by atoms with E-state index in [1.165, 1.54) is 4.57 Å². The van der Waals surface area contributed by atoms with Crippen LogP contribution in [0.2, 0.25) is 0 Å². The van der Waals surface area contributed by atoms with Gasteiger partial charge in [0, 0.05) is 10.5 Å². The average Bonchev–Trinajstić information content (AvgIpc) is 2.73. The number of rotatable bonds is 4. The summed E-state index contributed by atoms with van der Waals surface area (Å²) in [5.74, 6) is 0.837. The smallest absolute Gasteiger partial charge is 0.317 e. The molecule has 0 fully saturated rings. The number of amides is 2. The maximum atomic E-state index is 13.6. The van der Waals surface area contributed by atoms with Crippen LogP contribution in [0.5, 0.6) is 0 Å². The van der Waals surface area contributed by atoms with Gasteiger partial charge in [0.1, 0.15) is 17.0 Å². The zero-order valence-corrected chi connectivity index (χ0v) is 17.1. The van der Waals surface area contributed by atoms with Crippen LogP contribution in [0.25, 0.3) is 28.1 Å². The molecule has 0 atom stereocenters. The van der Waals surface area contributed by atoms with Crippen LogP contribution in [-0.4, -0.2) is 31.8 Å². The number of hydrogen-bond donors (Lipinski definition) is 2. The van der Waals surface area contributed by atoms with E-state index in [0.717, 1.165) is 10.5 Å². The molecular formula is C21H18N6O2S. The Bertz CT molecular complexity index is 1300. The van der Waals surface area contributed by atoms with E-state index in [1.807, 2.05) is 60.9 Å². The summed E-state index contributed by atoms with van der Waals surface area (Å²) in [6, 6.07) is 16.1. The van der Waals surface area contributed by atoms with Crippen molar-refractivity contribution in [3.63, 3.8) is 0 Å². The second kappa shape index (κ2) is 7.96. The number of anilines is 1. The van der Waals surface area contributed by atoms with E-state index in [1.54, 1.807) is 18.7 Å². The Labute approximate surface area is 176 Å². The Kier molecular flexibility index (Phi) is 5.20. The Morgan fingerprint density at radius 1 is 1.03 bits per heavy atom. The first kappa shape index (κ1) is 19.6. The van der Waals surface area contributed by atoms with Crippen LogP contribution in [-0.2, 0) is 0 Å². The molecule has 2 amide bonds. The minimum absolute atomic E-state index is 0.0385. The molecule has 150 valence electrons. The number of nitrogens with two attached hydrogens (primary N) is 1. The molecule has 0 aliphatic carbocycles. The Morgan fingerprint density at radius 2 is 1.73 bits per heavy atom. The highest BCUT2D eigenvalue weighted by Gasteiger charge is 2.20. The van der Waals surface area contributed by atoms with Crippen molar-refractivity contribution in [1.82, 2.24) is 19.5 Å². The van der Waals surface area contributed by atoms with E-state index in [-0.39, 0.29) is 16.9 Å². The van der Waals surface area contributed by atoms with Gasteiger partial charge in [0.2, 0.25) is 0 Å². The third-order valence-electron chi connectivity index (χ3n) is 4.45. The lowest BCUT2D eigenvalue weighted by Crippen LogP contribution is -2.26. The Hall–Kier alpha value is -3.72. The predicted octanol–water partition coefficient (Wildman–Crippen LogP) is 3.36. The van der Waals surface area contributed by atoms with Crippen molar-refractivity contribution in [1.29, 1.82) is 0 Å². The lowest BCUT2D eigenvalue weighted by Gasteiger charge is -2.15. The quantitative estimate of drug-likeness (QED) is 0.491. The summed E-state index contributed by atoms with van der Waals surface area (Å²) in [5.41, 5.74) is 6.45. The Balaban J connectivity index is 2.10. The summed E-state index contributed by atoms with van der Waals surface area (Å²) in [7, 11) is 0. The van der Waals surface area contributed by atoms with Crippen LogP contribution in [0, 0.1) is 6.92 Å². The van der Waals surface area contributed by atoms with Crippen LogP contribution in [0.15, 0.2) is 64.3 Å². The maximum absolute atomic E-state index is 13.6. The van der Waals surface area contributed by atoms with Gasteiger partial charge in [-0.3, -0.25) is 14.7 Å². The molecule has 8 nitrogen and oxygen atoms in total. The molecule has 0 radical (unpaired) electrons. The molecule has 0 spiro atoms. The number of aryl methyl sites for hydroxylation is 1. The van der Waals surface area contributed by atoms with Crippen LogP contribution >= 0.6 is 11.8 Å². The van der Waals surface area contributed by atoms with Gasteiger partial charge < -0.3 is 5.73 Å². The minimum Gasteiger partial charge on any atom is -0.351 e. The molecule has 4 rings (SSSR count). The molecule has 9 heteroatoms. The molecule has 2 aromatic carbocycles. The fraction of sp³-hybridized carbons (Fsp3) is 0.0952. The normalized spacial score (nSPS) is 10.9. The monoisotopic (exact) mass is 418 g/mol. The number of primary amides is 1. The number of carbonyl (C=O) groups is 1. The predicted molar refractivity (Wildman–Crippen MR) is 118 cm³/mol. The molecule has 0 aliphatic heterocycles. The number of nitrogens with zero attached hydrogens (tertiary/aromatic N) is 4. The largest absolute Gasteiger partial charge is 0.351 e. The molecule has 2 heterocycles. The van der Waals surface area contributed by atoms with Crippen molar-refractivity contribution >= 4 is 34.6 Å². The van der Waals surface area contributed by atoms with Crippen molar-refractivity contribution in [2.75, 3.05) is 11.6 Å². The maximum Gasteiger partial charge on any atom is 0.317 e. The Morgan fingerprint density at radius 3 is 2.37 bits per heavy atom. The number of carbonyl (C=O) groups excluding carboxylic acids is 1. The van der Waals surface area contributed by atoms with Gasteiger partial charge in [-0.2, -0.15) is 0 Å². The van der Waals surface area contributed by atoms with Crippen molar-refractivity contribution in [2.45, 2.75) is 11.8 Å². The van der Waals surface area contributed by atoms with Gasteiger partial charge in [-0.15, -0.1) is 11.8 Å². The first-order valence-electron chi connectivity index (χ1n) is 9.05. The molecule has 30 heavy (non-hydrogen) atoms. The summed E-state index contributed by atoms with van der Waals surface area (Å²) in [4.78, 5) is 39.3. The van der Waals surface area contributed by atoms with Gasteiger partial charge in [-0.1, -0.05) is 30.3 Å². The molecule has 3 N–H and O–H groups in total. The third kappa shape index (κ3) is 3.62. The summed E-state index contributed by atoms with van der Waals surface area (Å²) in [5, 5.41) is 2.51. The van der Waals surface area contributed by atoms with E-state index >= 15 is 0 Å². The van der Waals surface area contributed by atoms with E-state index in [0.29, 0.717) is 17.3 Å². The summed E-state index contributed by atoms with van der Waals surface area (Å²) < 4.78 is 1.49. The van der Waals surface area contributed by atoms with Crippen molar-refractivity contribution < 1.29 is 4.79 Å². The highest BCUT2D eigenvalue weighted by atomic mass is 32.2. The topological polar surface area (TPSA) is 116 Å². The van der Waals surface area contributed by atoms with Gasteiger partial charge in [-0.05, 0) is 37.4 Å². The molecule has 0 saturated carbocycles. The molecular weight excluding hydrogens is 400 g/mol. The number of urea groups is 1. The van der Waals surface area contributed by atoms with Crippen LogP contribution in [0.4, 0.5) is 10.6 Å². The zero-order valence-electron chi connectivity index (χ0n) is 16.3. The second-order valence-electron chi connectivity index (χ2n) is 6.45. The number of benzene rings is 2. The molecule has 0 saturated heterocycles.